The average molecular weight is 438 g/mol. The molecule has 0 bridgehead atoms. The van der Waals surface area contributed by atoms with Gasteiger partial charge in [-0.25, -0.2) is 4.98 Å². The van der Waals surface area contributed by atoms with E-state index in [2.05, 4.69) is 31.1 Å². The minimum atomic E-state index is 0.716. The number of rotatable bonds is 3. The van der Waals surface area contributed by atoms with Gasteiger partial charge in [-0.3, -0.25) is 4.90 Å². The molecule has 4 rings (SSSR count). The first kappa shape index (κ1) is 16.0. The van der Waals surface area contributed by atoms with Crippen molar-refractivity contribution in [3.63, 3.8) is 0 Å². The Hall–Kier alpha value is -1.54. The van der Waals surface area contributed by atoms with Gasteiger partial charge in [0.05, 0.1) is 10.2 Å². The van der Waals surface area contributed by atoms with Crippen molar-refractivity contribution in [2.75, 3.05) is 11.9 Å². The molecule has 0 amide bonds. The summed E-state index contributed by atoms with van der Waals surface area (Å²) in [6, 6.07) is 13.7. The third kappa shape index (κ3) is 3.04. The number of hydrogen-bond donors (Lipinski definition) is 0. The van der Waals surface area contributed by atoms with Crippen molar-refractivity contribution in [2.24, 2.45) is 0 Å². The first-order valence-electron chi connectivity index (χ1n) is 6.99. The standard InChI is InChI=1S/C16H10BrClN4S2/c1-22(15-19-12-7-6-11(18)8-13(12)23-15)16-21-20-14(24-16)9-2-4-10(17)5-3-9/h2-8H,1H3. The van der Waals surface area contributed by atoms with Crippen LogP contribution in [0.3, 0.4) is 0 Å². The molecule has 0 saturated carbocycles. The van der Waals surface area contributed by atoms with Gasteiger partial charge >= 0.3 is 0 Å². The average Bonchev–Trinajstić information content (AvgIpc) is 3.21. The van der Waals surface area contributed by atoms with E-state index in [-0.39, 0.29) is 0 Å². The Morgan fingerprint density at radius 2 is 1.79 bits per heavy atom. The smallest absolute Gasteiger partial charge is 0.214 e. The summed E-state index contributed by atoms with van der Waals surface area (Å²) in [5.74, 6) is 0. The molecule has 2 heterocycles. The SMILES string of the molecule is CN(c1nnc(-c2ccc(Br)cc2)s1)c1nc2ccc(Cl)cc2s1. The lowest BCUT2D eigenvalue weighted by Crippen LogP contribution is -2.08. The van der Waals surface area contributed by atoms with E-state index in [1.54, 1.807) is 11.3 Å². The normalized spacial score (nSPS) is 11.1. The van der Waals surface area contributed by atoms with Gasteiger partial charge in [0.1, 0.15) is 5.01 Å². The molecular weight excluding hydrogens is 428 g/mol. The monoisotopic (exact) mass is 436 g/mol. The summed E-state index contributed by atoms with van der Waals surface area (Å²) in [6.45, 7) is 0. The highest BCUT2D eigenvalue weighted by atomic mass is 79.9. The zero-order valence-electron chi connectivity index (χ0n) is 12.4. The predicted octanol–water partition coefficient (Wildman–Crippen LogP) is 6.00. The van der Waals surface area contributed by atoms with E-state index in [4.69, 9.17) is 11.6 Å². The van der Waals surface area contributed by atoms with Gasteiger partial charge in [0.2, 0.25) is 5.13 Å². The molecule has 2 aromatic heterocycles. The maximum atomic E-state index is 6.05. The Labute approximate surface area is 159 Å². The number of fused-ring (bicyclic) bond motifs is 1. The number of anilines is 2. The van der Waals surface area contributed by atoms with E-state index in [0.717, 1.165) is 35.5 Å². The van der Waals surface area contributed by atoms with E-state index in [0.29, 0.717) is 5.02 Å². The summed E-state index contributed by atoms with van der Waals surface area (Å²) in [5.41, 5.74) is 1.98. The first-order valence-corrected chi connectivity index (χ1v) is 9.80. The molecule has 0 saturated heterocycles. The zero-order chi connectivity index (χ0) is 16.7. The van der Waals surface area contributed by atoms with Crippen LogP contribution in [0.1, 0.15) is 0 Å². The second-order valence-electron chi connectivity index (χ2n) is 5.06. The minimum absolute atomic E-state index is 0.716. The Balaban J connectivity index is 1.66. The number of thiazole rings is 1. The van der Waals surface area contributed by atoms with Crippen LogP contribution in [0.25, 0.3) is 20.8 Å². The molecule has 0 unspecified atom stereocenters. The molecule has 8 heteroatoms. The van der Waals surface area contributed by atoms with E-state index in [1.807, 2.05) is 54.4 Å². The largest absolute Gasteiger partial charge is 0.295 e. The molecule has 0 atom stereocenters. The van der Waals surface area contributed by atoms with Crippen LogP contribution in [-0.4, -0.2) is 22.2 Å². The van der Waals surface area contributed by atoms with Crippen molar-refractivity contribution in [3.05, 3.63) is 52.0 Å². The van der Waals surface area contributed by atoms with Gasteiger partial charge in [0.25, 0.3) is 0 Å². The third-order valence-electron chi connectivity index (χ3n) is 3.42. The van der Waals surface area contributed by atoms with Gasteiger partial charge in [-0.1, -0.05) is 62.3 Å². The van der Waals surface area contributed by atoms with Crippen LogP contribution in [0.15, 0.2) is 46.9 Å². The van der Waals surface area contributed by atoms with Crippen molar-refractivity contribution in [1.29, 1.82) is 0 Å². The van der Waals surface area contributed by atoms with E-state index >= 15 is 0 Å². The summed E-state index contributed by atoms with van der Waals surface area (Å²) in [4.78, 5) is 6.60. The summed E-state index contributed by atoms with van der Waals surface area (Å²) in [5, 5.41) is 11.9. The van der Waals surface area contributed by atoms with Crippen molar-refractivity contribution >= 4 is 70.7 Å². The quantitative estimate of drug-likeness (QED) is 0.394. The van der Waals surface area contributed by atoms with Gasteiger partial charge in [0, 0.05) is 22.1 Å². The molecule has 120 valence electrons. The van der Waals surface area contributed by atoms with Crippen molar-refractivity contribution in [1.82, 2.24) is 15.2 Å². The molecule has 0 fully saturated rings. The number of benzene rings is 2. The predicted molar refractivity (Wildman–Crippen MR) is 106 cm³/mol. The second-order valence-corrected chi connectivity index (χ2v) is 8.38. The number of aromatic nitrogens is 3. The van der Waals surface area contributed by atoms with Crippen LogP contribution < -0.4 is 4.90 Å². The fraction of sp³-hybridized carbons (Fsp3) is 0.0625. The number of halogens is 2. The van der Waals surface area contributed by atoms with Gasteiger partial charge in [-0.2, -0.15) is 0 Å². The molecule has 0 radical (unpaired) electrons. The fourth-order valence-electron chi connectivity index (χ4n) is 2.17. The fourth-order valence-corrected chi connectivity index (χ4v) is 4.51. The van der Waals surface area contributed by atoms with Crippen molar-refractivity contribution in [2.45, 2.75) is 0 Å². The van der Waals surface area contributed by atoms with E-state index in [1.165, 1.54) is 11.3 Å². The first-order chi connectivity index (χ1) is 11.6. The lowest BCUT2D eigenvalue weighted by molar-refractivity contribution is 1.04. The van der Waals surface area contributed by atoms with Crippen LogP contribution in [-0.2, 0) is 0 Å². The Morgan fingerprint density at radius 1 is 1.00 bits per heavy atom. The lowest BCUT2D eigenvalue weighted by atomic mass is 10.2. The minimum Gasteiger partial charge on any atom is -0.295 e. The molecule has 2 aromatic carbocycles. The van der Waals surface area contributed by atoms with E-state index in [9.17, 15) is 0 Å². The molecule has 4 nitrogen and oxygen atoms in total. The summed E-state index contributed by atoms with van der Waals surface area (Å²) >= 11 is 12.6. The molecule has 4 aromatic rings. The molecule has 24 heavy (non-hydrogen) atoms. The maximum Gasteiger partial charge on any atom is 0.214 e. The molecule has 0 N–H and O–H groups in total. The van der Waals surface area contributed by atoms with Crippen LogP contribution in [0.5, 0.6) is 0 Å². The highest BCUT2D eigenvalue weighted by molar-refractivity contribution is 9.10. The van der Waals surface area contributed by atoms with Gasteiger partial charge in [0.15, 0.2) is 5.13 Å². The summed E-state index contributed by atoms with van der Waals surface area (Å²) < 4.78 is 2.10. The highest BCUT2D eigenvalue weighted by Gasteiger charge is 2.15. The number of nitrogens with zero attached hydrogens (tertiary/aromatic N) is 4. The maximum absolute atomic E-state index is 6.05. The Kier molecular flexibility index (Phi) is 4.26. The van der Waals surface area contributed by atoms with Crippen LogP contribution in [0, 0.1) is 0 Å². The highest BCUT2D eigenvalue weighted by Crippen LogP contribution is 2.36. The molecule has 0 aliphatic rings. The van der Waals surface area contributed by atoms with Crippen molar-refractivity contribution < 1.29 is 0 Å². The summed E-state index contributed by atoms with van der Waals surface area (Å²) in [6.07, 6.45) is 0. The second kappa shape index (κ2) is 6.40. The molecule has 0 aliphatic heterocycles. The zero-order valence-corrected chi connectivity index (χ0v) is 16.4. The van der Waals surface area contributed by atoms with Gasteiger partial charge in [-0.15, -0.1) is 10.2 Å². The molecular formula is C16H10BrClN4S2. The summed E-state index contributed by atoms with van der Waals surface area (Å²) in [7, 11) is 1.95. The van der Waals surface area contributed by atoms with Crippen LogP contribution >= 0.6 is 50.2 Å². The third-order valence-corrected chi connectivity index (χ3v) is 6.33. The van der Waals surface area contributed by atoms with Crippen molar-refractivity contribution in [3.8, 4) is 10.6 Å². The van der Waals surface area contributed by atoms with Crippen LogP contribution in [0.4, 0.5) is 10.3 Å². The number of hydrogen-bond acceptors (Lipinski definition) is 6. The topological polar surface area (TPSA) is 41.9 Å². The Morgan fingerprint density at radius 3 is 2.58 bits per heavy atom. The Bertz CT molecular complexity index is 1010. The van der Waals surface area contributed by atoms with Gasteiger partial charge in [-0.05, 0) is 30.3 Å². The van der Waals surface area contributed by atoms with Gasteiger partial charge < -0.3 is 0 Å². The van der Waals surface area contributed by atoms with Crippen LogP contribution in [0.2, 0.25) is 5.02 Å². The lowest BCUT2D eigenvalue weighted by Gasteiger charge is -2.09. The molecule has 0 spiro atoms. The van der Waals surface area contributed by atoms with E-state index < -0.39 is 0 Å². The molecule has 0 aliphatic carbocycles.